The lowest BCUT2D eigenvalue weighted by molar-refractivity contribution is 0.598. The van der Waals surface area contributed by atoms with Gasteiger partial charge < -0.3 is 0 Å². The Kier molecular flexibility index (Phi) is 3.54. The summed E-state index contributed by atoms with van der Waals surface area (Å²) in [6.07, 6.45) is 1.61. The Balaban J connectivity index is 2.26. The van der Waals surface area contributed by atoms with Crippen LogP contribution in [0.3, 0.4) is 0 Å². The summed E-state index contributed by atoms with van der Waals surface area (Å²) in [6, 6.07) is 14.5. The summed E-state index contributed by atoms with van der Waals surface area (Å²) >= 11 is 1.21. The van der Waals surface area contributed by atoms with Crippen LogP contribution in [0, 0.1) is 0 Å². The first kappa shape index (κ1) is 13.9. The van der Waals surface area contributed by atoms with Crippen molar-refractivity contribution < 1.29 is 8.42 Å². The van der Waals surface area contributed by atoms with E-state index in [1.54, 1.807) is 18.3 Å². The molecule has 106 valence electrons. The Hall–Kier alpha value is -2.09. The predicted octanol–water partition coefficient (Wildman–Crippen LogP) is 2.52. The molecule has 0 amide bonds. The van der Waals surface area contributed by atoms with Gasteiger partial charge in [0.25, 0.3) is 0 Å². The second-order valence-corrected chi connectivity index (χ2v) is 6.75. The minimum Gasteiger partial charge on any atom is -0.225 e. The Morgan fingerprint density at radius 2 is 1.76 bits per heavy atom. The third kappa shape index (κ3) is 2.85. The average molecular weight is 317 g/mol. The largest absolute Gasteiger partial charge is 0.238 e. The van der Waals surface area contributed by atoms with Crippen molar-refractivity contribution >= 4 is 21.6 Å². The lowest BCUT2D eigenvalue weighted by atomic mass is 9.99. The molecule has 0 unspecified atom stereocenters. The Bertz CT molecular complexity index is 860. The summed E-state index contributed by atoms with van der Waals surface area (Å²) in [4.78, 5) is 0.866. The average Bonchev–Trinajstić information content (AvgIpc) is 3.01. The maximum atomic E-state index is 11.6. The predicted molar refractivity (Wildman–Crippen MR) is 82.2 cm³/mol. The van der Waals surface area contributed by atoms with Gasteiger partial charge in [0.2, 0.25) is 10.0 Å². The monoisotopic (exact) mass is 317 g/mol. The molecular formula is C14H11N3O2S2. The van der Waals surface area contributed by atoms with E-state index < -0.39 is 10.0 Å². The van der Waals surface area contributed by atoms with Crippen LogP contribution in [0.1, 0.15) is 0 Å². The van der Waals surface area contributed by atoms with Gasteiger partial charge in [-0.05, 0) is 34.8 Å². The highest BCUT2D eigenvalue weighted by atomic mass is 32.2. The van der Waals surface area contributed by atoms with Crippen molar-refractivity contribution in [2.75, 3.05) is 0 Å². The molecule has 21 heavy (non-hydrogen) atoms. The van der Waals surface area contributed by atoms with Crippen LogP contribution < -0.4 is 5.14 Å². The molecule has 3 rings (SSSR count). The third-order valence-corrected chi connectivity index (χ3v) is 4.64. The molecule has 5 nitrogen and oxygen atoms in total. The summed E-state index contributed by atoms with van der Waals surface area (Å²) in [6.45, 7) is 0. The summed E-state index contributed by atoms with van der Waals surface area (Å²) in [5, 5.41) is 9.03. The highest BCUT2D eigenvalue weighted by molar-refractivity contribution is 7.89. The summed E-state index contributed by atoms with van der Waals surface area (Å²) in [5.41, 5.74) is 2.65. The molecule has 3 aromatic rings. The van der Waals surface area contributed by atoms with Gasteiger partial charge in [0.15, 0.2) is 0 Å². The van der Waals surface area contributed by atoms with Crippen LogP contribution >= 0.6 is 11.5 Å². The molecule has 0 spiro atoms. The molecule has 0 atom stereocenters. The SMILES string of the molecule is NS(=O)(=O)c1ccc(-c2ccccc2)c(-c2cnns2)c1. The van der Waals surface area contributed by atoms with Crippen LogP contribution in [0.15, 0.2) is 59.6 Å². The van der Waals surface area contributed by atoms with E-state index in [2.05, 4.69) is 9.59 Å². The number of aromatic nitrogens is 2. The first-order valence-corrected chi connectivity index (χ1v) is 8.38. The zero-order valence-electron chi connectivity index (χ0n) is 10.8. The number of hydrogen-bond donors (Lipinski definition) is 1. The summed E-state index contributed by atoms with van der Waals surface area (Å²) in [7, 11) is -3.75. The van der Waals surface area contributed by atoms with Crippen molar-refractivity contribution in [2.24, 2.45) is 5.14 Å². The molecule has 2 N–H and O–H groups in total. The number of nitrogens with two attached hydrogens (primary N) is 1. The molecule has 0 saturated heterocycles. The van der Waals surface area contributed by atoms with Crippen molar-refractivity contribution in [3.05, 3.63) is 54.7 Å². The minimum absolute atomic E-state index is 0.0746. The van der Waals surface area contributed by atoms with Crippen LogP contribution in [0.2, 0.25) is 0 Å². The molecule has 2 aromatic carbocycles. The standard InChI is InChI=1S/C14H11N3O2S2/c15-21(18,19)11-6-7-12(10-4-2-1-3-5-10)13(8-11)14-9-16-17-20-14/h1-9H,(H2,15,18,19). The van der Waals surface area contributed by atoms with Gasteiger partial charge in [0.1, 0.15) is 0 Å². The van der Waals surface area contributed by atoms with Crippen molar-refractivity contribution in [1.82, 2.24) is 9.59 Å². The normalized spacial score (nSPS) is 11.5. The summed E-state index contributed by atoms with van der Waals surface area (Å²) in [5.74, 6) is 0. The lowest BCUT2D eigenvalue weighted by Crippen LogP contribution is -2.12. The number of rotatable bonds is 3. The maximum Gasteiger partial charge on any atom is 0.238 e. The van der Waals surface area contributed by atoms with E-state index in [4.69, 9.17) is 5.14 Å². The first-order chi connectivity index (χ1) is 10.1. The van der Waals surface area contributed by atoms with Crippen LogP contribution in [0.25, 0.3) is 21.6 Å². The van der Waals surface area contributed by atoms with Gasteiger partial charge in [-0.15, -0.1) is 5.10 Å². The number of hydrogen-bond acceptors (Lipinski definition) is 5. The smallest absolute Gasteiger partial charge is 0.225 e. The van der Waals surface area contributed by atoms with Gasteiger partial charge in [0.05, 0.1) is 16.0 Å². The zero-order chi connectivity index (χ0) is 14.9. The van der Waals surface area contributed by atoms with Gasteiger partial charge in [-0.2, -0.15) is 0 Å². The molecule has 0 radical (unpaired) electrons. The number of benzene rings is 2. The van der Waals surface area contributed by atoms with Crippen molar-refractivity contribution in [3.63, 3.8) is 0 Å². The van der Waals surface area contributed by atoms with E-state index in [-0.39, 0.29) is 4.90 Å². The molecule has 0 saturated carbocycles. The number of nitrogens with zero attached hydrogens (tertiary/aromatic N) is 2. The second kappa shape index (κ2) is 5.36. The van der Waals surface area contributed by atoms with Gasteiger partial charge in [-0.3, -0.25) is 0 Å². The van der Waals surface area contributed by atoms with E-state index in [1.807, 2.05) is 30.3 Å². The highest BCUT2D eigenvalue weighted by Crippen LogP contribution is 2.34. The molecule has 0 aliphatic heterocycles. The fraction of sp³-hybridized carbons (Fsp3) is 0. The van der Waals surface area contributed by atoms with Crippen LogP contribution in [-0.2, 0) is 10.0 Å². The summed E-state index contributed by atoms with van der Waals surface area (Å²) < 4.78 is 26.9. The van der Waals surface area contributed by atoms with Crippen LogP contribution in [0.4, 0.5) is 0 Å². The fourth-order valence-electron chi connectivity index (χ4n) is 2.06. The molecule has 0 aliphatic rings. The van der Waals surface area contributed by atoms with E-state index in [1.165, 1.54) is 17.6 Å². The molecule has 1 aromatic heterocycles. The Morgan fingerprint density at radius 1 is 1.00 bits per heavy atom. The lowest BCUT2D eigenvalue weighted by Gasteiger charge is -2.09. The van der Waals surface area contributed by atoms with Crippen LogP contribution in [0.5, 0.6) is 0 Å². The molecule has 7 heteroatoms. The van der Waals surface area contributed by atoms with E-state index in [0.29, 0.717) is 0 Å². The van der Waals surface area contributed by atoms with Crippen LogP contribution in [-0.4, -0.2) is 18.0 Å². The fourth-order valence-corrected chi connectivity index (χ4v) is 3.14. The first-order valence-electron chi connectivity index (χ1n) is 6.06. The second-order valence-electron chi connectivity index (χ2n) is 4.40. The zero-order valence-corrected chi connectivity index (χ0v) is 12.4. The maximum absolute atomic E-state index is 11.6. The molecule has 0 aliphatic carbocycles. The molecule has 0 fully saturated rings. The number of sulfonamides is 1. The third-order valence-electron chi connectivity index (χ3n) is 3.03. The number of primary sulfonamides is 1. The topological polar surface area (TPSA) is 85.9 Å². The van der Waals surface area contributed by atoms with E-state index >= 15 is 0 Å². The van der Waals surface area contributed by atoms with E-state index in [0.717, 1.165) is 21.6 Å². The highest BCUT2D eigenvalue weighted by Gasteiger charge is 2.15. The van der Waals surface area contributed by atoms with Gasteiger partial charge in [-0.1, -0.05) is 40.9 Å². The molecule has 0 bridgehead atoms. The Labute approximate surface area is 126 Å². The van der Waals surface area contributed by atoms with Crippen molar-refractivity contribution in [3.8, 4) is 21.6 Å². The van der Waals surface area contributed by atoms with Crippen molar-refractivity contribution in [2.45, 2.75) is 4.90 Å². The van der Waals surface area contributed by atoms with Gasteiger partial charge in [-0.25, -0.2) is 13.6 Å². The van der Waals surface area contributed by atoms with E-state index in [9.17, 15) is 8.42 Å². The molecular weight excluding hydrogens is 306 g/mol. The van der Waals surface area contributed by atoms with Crippen molar-refractivity contribution in [1.29, 1.82) is 0 Å². The van der Waals surface area contributed by atoms with Gasteiger partial charge in [0, 0.05) is 5.56 Å². The minimum atomic E-state index is -3.75. The molecule has 1 heterocycles. The van der Waals surface area contributed by atoms with Gasteiger partial charge >= 0.3 is 0 Å². The quantitative estimate of drug-likeness (QED) is 0.804. The Morgan fingerprint density at radius 3 is 2.38 bits per heavy atom.